The number of ether oxygens (including phenoxy) is 1. The first-order chi connectivity index (χ1) is 10.6. The van der Waals surface area contributed by atoms with E-state index in [0.29, 0.717) is 12.5 Å². The van der Waals surface area contributed by atoms with Crippen molar-refractivity contribution in [3.8, 4) is 0 Å². The summed E-state index contributed by atoms with van der Waals surface area (Å²) in [5.41, 5.74) is -0.578. The minimum atomic E-state index is -3.24. The third kappa shape index (κ3) is 10.00. The molecular formula is C15H33IN4O3S. The average molecular weight is 476 g/mol. The van der Waals surface area contributed by atoms with E-state index in [4.69, 9.17) is 4.74 Å². The van der Waals surface area contributed by atoms with Crippen molar-refractivity contribution in [3.63, 3.8) is 0 Å². The minimum Gasteiger partial charge on any atom is -0.381 e. The molecule has 0 aromatic carbocycles. The topological polar surface area (TPSA) is 83.0 Å². The van der Waals surface area contributed by atoms with Gasteiger partial charge in [0.15, 0.2) is 5.96 Å². The van der Waals surface area contributed by atoms with Gasteiger partial charge in [-0.1, -0.05) is 0 Å². The van der Waals surface area contributed by atoms with Crippen molar-refractivity contribution in [2.45, 2.75) is 38.6 Å². The second kappa shape index (κ2) is 10.8. The molecule has 0 spiro atoms. The minimum absolute atomic E-state index is 0. The summed E-state index contributed by atoms with van der Waals surface area (Å²) in [5, 5.41) is 3.24. The van der Waals surface area contributed by atoms with Crippen LogP contribution in [0.2, 0.25) is 0 Å². The summed E-state index contributed by atoms with van der Waals surface area (Å²) in [6.07, 6.45) is 4.55. The van der Waals surface area contributed by atoms with Crippen LogP contribution >= 0.6 is 24.0 Å². The van der Waals surface area contributed by atoms with Crippen LogP contribution in [0, 0.1) is 5.92 Å². The Labute approximate surface area is 164 Å². The number of nitrogens with one attached hydrogen (secondary N) is 2. The van der Waals surface area contributed by atoms with Crippen LogP contribution in [0.3, 0.4) is 0 Å². The molecule has 24 heavy (non-hydrogen) atoms. The number of guanidine groups is 1. The van der Waals surface area contributed by atoms with E-state index in [2.05, 4.69) is 19.9 Å². The van der Waals surface area contributed by atoms with Crippen LogP contribution in [0.1, 0.15) is 33.1 Å². The molecule has 0 aromatic rings. The maximum absolute atomic E-state index is 11.4. The van der Waals surface area contributed by atoms with Crippen molar-refractivity contribution >= 4 is 40.0 Å². The lowest BCUT2D eigenvalue weighted by Crippen LogP contribution is -2.53. The van der Waals surface area contributed by atoms with E-state index < -0.39 is 15.6 Å². The molecule has 0 amide bonds. The zero-order chi connectivity index (χ0) is 17.5. The number of halogens is 1. The summed E-state index contributed by atoms with van der Waals surface area (Å²) in [6, 6.07) is 0. The summed E-state index contributed by atoms with van der Waals surface area (Å²) in [7, 11) is 0.509. The number of nitrogens with zero attached hydrogens (tertiary/aromatic N) is 2. The van der Waals surface area contributed by atoms with Gasteiger partial charge in [-0.2, -0.15) is 0 Å². The molecule has 9 heteroatoms. The maximum atomic E-state index is 11.4. The molecule has 0 aliphatic carbocycles. The number of hydrogen-bond acceptors (Lipinski definition) is 4. The van der Waals surface area contributed by atoms with Crippen molar-refractivity contribution in [1.82, 2.24) is 14.9 Å². The summed E-state index contributed by atoms with van der Waals surface area (Å²) < 4.78 is 30.8. The summed E-state index contributed by atoms with van der Waals surface area (Å²) in [4.78, 5) is 6.37. The first-order valence-corrected chi connectivity index (χ1v) is 10.0. The molecule has 0 atom stereocenters. The standard InChI is InChI=1S/C15H32N4O3S.HI/c1-15(2,18-23(5,20)21)12-17-14(16-3)19(4)9-6-13-7-10-22-11-8-13;/h13,18H,6-12H2,1-5H3,(H,16,17);1H. The molecule has 1 saturated heterocycles. The van der Waals surface area contributed by atoms with Gasteiger partial charge < -0.3 is 15.0 Å². The lowest BCUT2D eigenvalue weighted by atomic mass is 9.96. The largest absolute Gasteiger partial charge is 0.381 e. The predicted octanol–water partition coefficient (Wildman–Crippen LogP) is 1.26. The zero-order valence-corrected chi connectivity index (χ0v) is 18.6. The lowest BCUT2D eigenvalue weighted by molar-refractivity contribution is 0.0625. The van der Waals surface area contributed by atoms with Crippen LogP contribution in [-0.4, -0.2) is 71.5 Å². The Bertz CT molecular complexity index is 491. The van der Waals surface area contributed by atoms with Crippen LogP contribution in [0.4, 0.5) is 0 Å². The molecular weight excluding hydrogens is 443 g/mol. The molecule has 144 valence electrons. The molecule has 0 bridgehead atoms. The van der Waals surface area contributed by atoms with Crippen LogP contribution in [0.15, 0.2) is 4.99 Å². The van der Waals surface area contributed by atoms with Crippen molar-refractivity contribution in [2.24, 2.45) is 10.9 Å². The third-order valence-corrected chi connectivity index (χ3v) is 4.86. The van der Waals surface area contributed by atoms with E-state index in [-0.39, 0.29) is 24.0 Å². The van der Waals surface area contributed by atoms with E-state index in [0.717, 1.165) is 45.0 Å². The Hall–Kier alpha value is -0.130. The normalized spacial score (nSPS) is 17.3. The van der Waals surface area contributed by atoms with E-state index in [1.165, 1.54) is 6.26 Å². The molecule has 1 rings (SSSR count). The van der Waals surface area contributed by atoms with Gasteiger partial charge in [0.2, 0.25) is 10.0 Å². The second-order valence-corrected chi connectivity index (χ2v) is 8.67. The Kier molecular flexibility index (Phi) is 10.7. The Morgan fingerprint density at radius 2 is 1.92 bits per heavy atom. The molecule has 0 radical (unpaired) electrons. The Morgan fingerprint density at radius 3 is 2.42 bits per heavy atom. The lowest BCUT2D eigenvalue weighted by Gasteiger charge is -2.30. The van der Waals surface area contributed by atoms with Crippen LogP contribution in [0.5, 0.6) is 0 Å². The molecule has 1 aliphatic rings. The monoisotopic (exact) mass is 476 g/mol. The first-order valence-electron chi connectivity index (χ1n) is 8.11. The first kappa shape index (κ1) is 23.9. The van der Waals surface area contributed by atoms with Gasteiger partial charge in [-0.25, -0.2) is 13.1 Å². The second-order valence-electron chi connectivity index (χ2n) is 6.92. The summed E-state index contributed by atoms with van der Waals surface area (Å²) >= 11 is 0. The Morgan fingerprint density at radius 1 is 1.33 bits per heavy atom. The quantitative estimate of drug-likeness (QED) is 0.329. The van der Waals surface area contributed by atoms with E-state index in [1.54, 1.807) is 7.05 Å². The molecule has 0 unspecified atom stereocenters. The van der Waals surface area contributed by atoms with Gasteiger partial charge in [0.1, 0.15) is 0 Å². The fourth-order valence-electron chi connectivity index (χ4n) is 2.74. The summed E-state index contributed by atoms with van der Waals surface area (Å²) in [5.74, 6) is 1.49. The van der Waals surface area contributed by atoms with Gasteiger partial charge in [0.25, 0.3) is 0 Å². The zero-order valence-electron chi connectivity index (χ0n) is 15.5. The highest BCUT2D eigenvalue weighted by Gasteiger charge is 2.23. The van der Waals surface area contributed by atoms with Crippen molar-refractivity contribution in [3.05, 3.63) is 0 Å². The van der Waals surface area contributed by atoms with Gasteiger partial charge in [-0.3, -0.25) is 4.99 Å². The molecule has 0 aromatic heterocycles. The number of sulfonamides is 1. The van der Waals surface area contributed by atoms with Crippen LogP contribution in [-0.2, 0) is 14.8 Å². The molecule has 1 aliphatic heterocycles. The smallest absolute Gasteiger partial charge is 0.209 e. The van der Waals surface area contributed by atoms with E-state index in [1.807, 2.05) is 20.9 Å². The number of rotatable bonds is 7. The molecule has 1 heterocycles. The fraction of sp³-hybridized carbons (Fsp3) is 0.933. The molecule has 2 N–H and O–H groups in total. The van der Waals surface area contributed by atoms with Crippen molar-refractivity contribution in [1.29, 1.82) is 0 Å². The van der Waals surface area contributed by atoms with Crippen molar-refractivity contribution < 1.29 is 13.2 Å². The number of aliphatic imine (C=N–C) groups is 1. The summed E-state index contributed by atoms with van der Waals surface area (Å²) in [6.45, 7) is 6.81. The van der Waals surface area contributed by atoms with Gasteiger partial charge in [-0.05, 0) is 39.0 Å². The van der Waals surface area contributed by atoms with E-state index in [9.17, 15) is 8.42 Å². The molecule has 1 fully saturated rings. The van der Waals surface area contributed by atoms with Crippen LogP contribution in [0.25, 0.3) is 0 Å². The van der Waals surface area contributed by atoms with Gasteiger partial charge >= 0.3 is 0 Å². The molecule has 7 nitrogen and oxygen atoms in total. The SMILES string of the molecule is CN=C(NCC(C)(C)NS(C)(=O)=O)N(C)CCC1CCOCC1.I. The van der Waals surface area contributed by atoms with Gasteiger partial charge in [0, 0.05) is 45.9 Å². The predicted molar refractivity (Wildman–Crippen MR) is 110 cm³/mol. The van der Waals surface area contributed by atoms with Crippen LogP contribution < -0.4 is 10.0 Å². The fourth-order valence-corrected chi connectivity index (χ4v) is 3.82. The van der Waals surface area contributed by atoms with Gasteiger partial charge in [-0.15, -0.1) is 24.0 Å². The number of hydrogen-bond donors (Lipinski definition) is 2. The highest BCUT2D eigenvalue weighted by Crippen LogP contribution is 2.18. The third-order valence-electron chi connectivity index (χ3n) is 3.94. The Balaban J connectivity index is 0.00000529. The van der Waals surface area contributed by atoms with Gasteiger partial charge in [0.05, 0.1) is 6.26 Å². The molecule has 0 saturated carbocycles. The average Bonchev–Trinajstić information content (AvgIpc) is 2.44. The highest BCUT2D eigenvalue weighted by atomic mass is 127. The van der Waals surface area contributed by atoms with E-state index >= 15 is 0 Å². The maximum Gasteiger partial charge on any atom is 0.209 e. The van der Waals surface area contributed by atoms with Crippen molar-refractivity contribution in [2.75, 3.05) is 46.7 Å². The highest BCUT2D eigenvalue weighted by molar-refractivity contribution is 14.0.